The van der Waals surface area contributed by atoms with Gasteiger partial charge in [0.15, 0.2) is 5.82 Å². The van der Waals surface area contributed by atoms with E-state index in [1.54, 1.807) is 14.2 Å². The van der Waals surface area contributed by atoms with Gasteiger partial charge in [0.25, 0.3) is 11.8 Å². The van der Waals surface area contributed by atoms with Gasteiger partial charge in [0.2, 0.25) is 0 Å². The summed E-state index contributed by atoms with van der Waals surface area (Å²) >= 11 is 0. The topological polar surface area (TPSA) is 77.7 Å². The van der Waals surface area contributed by atoms with Crippen molar-refractivity contribution in [3.05, 3.63) is 59.4 Å². The number of aryl methyl sites for hydroxylation is 1. The molecule has 1 atom stereocenters. The molecule has 0 spiro atoms. The zero-order chi connectivity index (χ0) is 21.1. The van der Waals surface area contributed by atoms with Crippen molar-refractivity contribution in [3.8, 4) is 23.0 Å². The lowest BCUT2D eigenvalue weighted by Gasteiger charge is -2.31. The Morgan fingerprint density at radius 2 is 2.00 bits per heavy atom. The summed E-state index contributed by atoms with van der Waals surface area (Å²) in [5.41, 5.74) is 2.36. The van der Waals surface area contributed by atoms with Gasteiger partial charge in [0.1, 0.15) is 11.5 Å². The Labute approximate surface area is 175 Å². The average Bonchev–Trinajstić information content (AvgIpc) is 3.29. The third kappa shape index (κ3) is 3.87. The number of amides is 1. The first-order valence-corrected chi connectivity index (χ1v) is 10.0. The second-order valence-electron chi connectivity index (χ2n) is 7.43. The number of methoxy groups -OCH3 is 2. The van der Waals surface area contributed by atoms with Crippen LogP contribution in [0.1, 0.15) is 40.5 Å². The number of aromatic nitrogens is 2. The Kier molecular flexibility index (Phi) is 5.70. The van der Waals surface area contributed by atoms with E-state index in [0.29, 0.717) is 29.6 Å². The highest BCUT2D eigenvalue weighted by Crippen LogP contribution is 2.32. The molecule has 1 saturated heterocycles. The molecule has 1 fully saturated rings. The van der Waals surface area contributed by atoms with Crippen LogP contribution in [0, 0.1) is 6.92 Å². The van der Waals surface area contributed by atoms with Gasteiger partial charge in [-0.15, -0.1) is 0 Å². The minimum absolute atomic E-state index is 0.0216. The Bertz CT molecular complexity index is 1050. The van der Waals surface area contributed by atoms with E-state index < -0.39 is 0 Å². The van der Waals surface area contributed by atoms with E-state index >= 15 is 0 Å². The highest BCUT2D eigenvalue weighted by atomic mass is 16.5. The summed E-state index contributed by atoms with van der Waals surface area (Å²) in [6, 6.07) is 13.1. The number of carbonyl (C=O) groups excluding carboxylic acids is 1. The molecule has 1 aliphatic heterocycles. The highest BCUT2D eigenvalue weighted by molar-refractivity contribution is 5.96. The van der Waals surface area contributed by atoms with Crippen LogP contribution >= 0.6 is 0 Å². The number of benzene rings is 2. The number of piperidine rings is 1. The summed E-state index contributed by atoms with van der Waals surface area (Å²) in [6.45, 7) is 3.21. The number of likely N-dealkylation sites (tertiary alicyclic amines) is 1. The van der Waals surface area contributed by atoms with Crippen LogP contribution in [-0.4, -0.2) is 48.3 Å². The number of ether oxygens (including phenoxy) is 2. The standard InChI is InChI=1S/C23H25N3O4/c1-15-13-17(28-2)10-11-18(15)23(27)26-12-6-7-16(14-26)21-24-22(30-25-21)19-8-4-5-9-20(19)29-3/h4-5,8-11,13,16H,6-7,12,14H2,1-3H3/t16-/m1/s1. The van der Waals surface area contributed by atoms with Gasteiger partial charge in [-0.1, -0.05) is 17.3 Å². The molecule has 30 heavy (non-hydrogen) atoms. The van der Waals surface area contributed by atoms with Crippen molar-refractivity contribution in [2.24, 2.45) is 0 Å². The summed E-state index contributed by atoms with van der Waals surface area (Å²) < 4.78 is 16.1. The molecule has 0 N–H and O–H groups in total. The van der Waals surface area contributed by atoms with Crippen LogP contribution in [0.25, 0.3) is 11.5 Å². The fourth-order valence-corrected chi connectivity index (χ4v) is 3.88. The molecule has 2 heterocycles. The van der Waals surface area contributed by atoms with E-state index in [4.69, 9.17) is 14.0 Å². The minimum Gasteiger partial charge on any atom is -0.497 e. The van der Waals surface area contributed by atoms with Crippen LogP contribution in [0.2, 0.25) is 0 Å². The molecular formula is C23H25N3O4. The molecule has 0 bridgehead atoms. The normalized spacial score (nSPS) is 16.4. The summed E-state index contributed by atoms with van der Waals surface area (Å²) in [5, 5.41) is 4.20. The van der Waals surface area contributed by atoms with Gasteiger partial charge in [0.05, 0.1) is 19.8 Å². The van der Waals surface area contributed by atoms with Crippen molar-refractivity contribution in [2.45, 2.75) is 25.7 Å². The molecule has 7 heteroatoms. The minimum atomic E-state index is 0.0216. The van der Waals surface area contributed by atoms with E-state index in [-0.39, 0.29) is 11.8 Å². The van der Waals surface area contributed by atoms with Crippen molar-refractivity contribution in [3.63, 3.8) is 0 Å². The first-order chi connectivity index (χ1) is 14.6. The molecule has 7 nitrogen and oxygen atoms in total. The molecule has 0 unspecified atom stereocenters. The maximum absolute atomic E-state index is 13.1. The van der Waals surface area contributed by atoms with Crippen LogP contribution in [0.5, 0.6) is 11.5 Å². The van der Waals surface area contributed by atoms with Gasteiger partial charge in [-0.25, -0.2) is 0 Å². The number of hydrogen-bond donors (Lipinski definition) is 0. The predicted octanol–water partition coefficient (Wildman–Crippen LogP) is 4.08. The Hall–Kier alpha value is -3.35. The lowest BCUT2D eigenvalue weighted by atomic mass is 9.96. The monoisotopic (exact) mass is 407 g/mol. The lowest BCUT2D eigenvalue weighted by Crippen LogP contribution is -2.39. The molecule has 156 valence electrons. The van der Waals surface area contributed by atoms with Gasteiger partial charge >= 0.3 is 0 Å². The van der Waals surface area contributed by atoms with Crippen LogP contribution in [0.15, 0.2) is 47.0 Å². The van der Waals surface area contributed by atoms with Gasteiger partial charge in [0, 0.05) is 24.6 Å². The molecule has 0 saturated carbocycles. The Morgan fingerprint density at radius 3 is 2.77 bits per heavy atom. The summed E-state index contributed by atoms with van der Waals surface area (Å²) in [7, 11) is 3.23. The molecule has 2 aromatic carbocycles. The third-order valence-electron chi connectivity index (χ3n) is 5.52. The number of rotatable bonds is 5. The summed E-state index contributed by atoms with van der Waals surface area (Å²) in [4.78, 5) is 19.6. The van der Waals surface area contributed by atoms with Gasteiger partial charge in [-0.3, -0.25) is 4.79 Å². The number of hydrogen-bond acceptors (Lipinski definition) is 6. The lowest BCUT2D eigenvalue weighted by molar-refractivity contribution is 0.0703. The zero-order valence-corrected chi connectivity index (χ0v) is 17.4. The Balaban J connectivity index is 1.52. The van der Waals surface area contributed by atoms with E-state index in [2.05, 4.69) is 10.1 Å². The van der Waals surface area contributed by atoms with Crippen molar-refractivity contribution < 1.29 is 18.8 Å². The van der Waals surface area contributed by atoms with Crippen LogP contribution in [-0.2, 0) is 0 Å². The van der Waals surface area contributed by atoms with E-state index in [9.17, 15) is 4.79 Å². The Morgan fingerprint density at radius 1 is 1.17 bits per heavy atom. The molecule has 1 aliphatic rings. The molecule has 0 radical (unpaired) electrons. The smallest absolute Gasteiger partial charge is 0.261 e. The van der Waals surface area contributed by atoms with E-state index in [0.717, 1.165) is 36.3 Å². The largest absolute Gasteiger partial charge is 0.497 e. The van der Waals surface area contributed by atoms with E-state index in [1.807, 2.05) is 54.3 Å². The van der Waals surface area contributed by atoms with Crippen LogP contribution in [0.3, 0.4) is 0 Å². The number of carbonyl (C=O) groups is 1. The molecule has 1 amide bonds. The summed E-state index contributed by atoms with van der Waals surface area (Å²) in [6.07, 6.45) is 1.81. The maximum atomic E-state index is 13.1. The number of nitrogens with zero attached hydrogens (tertiary/aromatic N) is 3. The number of para-hydroxylation sites is 1. The second-order valence-corrected chi connectivity index (χ2v) is 7.43. The zero-order valence-electron chi connectivity index (χ0n) is 17.4. The SMILES string of the molecule is COc1ccc(C(=O)N2CCC[C@@H](c3noc(-c4ccccc4OC)n3)C2)c(C)c1. The first kappa shape index (κ1) is 19.9. The van der Waals surface area contributed by atoms with Crippen LogP contribution in [0.4, 0.5) is 0 Å². The molecule has 4 rings (SSSR count). The molecule has 0 aliphatic carbocycles. The van der Waals surface area contributed by atoms with Crippen molar-refractivity contribution in [1.82, 2.24) is 15.0 Å². The second kappa shape index (κ2) is 8.57. The summed E-state index contributed by atoms with van der Waals surface area (Å²) in [5.74, 6) is 2.54. The quantitative estimate of drug-likeness (QED) is 0.634. The molecular weight excluding hydrogens is 382 g/mol. The van der Waals surface area contributed by atoms with Gasteiger partial charge in [-0.2, -0.15) is 4.98 Å². The molecule has 1 aromatic heterocycles. The third-order valence-corrected chi connectivity index (χ3v) is 5.52. The van der Waals surface area contributed by atoms with Crippen molar-refractivity contribution in [1.29, 1.82) is 0 Å². The van der Waals surface area contributed by atoms with E-state index in [1.165, 1.54) is 0 Å². The van der Waals surface area contributed by atoms with Crippen molar-refractivity contribution >= 4 is 5.91 Å². The van der Waals surface area contributed by atoms with Crippen molar-refractivity contribution in [2.75, 3.05) is 27.3 Å². The maximum Gasteiger partial charge on any atom is 0.261 e. The van der Waals surface area contributed by atoms with Crippen LogP contribution < -0.4 is 9.47 Å². The van der Waals surface area contributed by atoms with Gasteiger partial charge < -0.3 is 18.9 Å². The first-order valence-electron chi connectivity index (χ1n) is 10.0. The fourth-order valence-electron chi connectivity index (χ4n) is 3.88. The predicted molar refractivity (Wildman–Crippen MR) is 112 cm³/mol. The average molecular weight is 407 g/mol. The van der Waals surface area contributed by atoms with Gasteiger partial charge in [-0.05, 0) is 55.7 Å². The fraction of sp³-hybridized carbons (Fsp3) is 0.348. The molecule has 3 aromatic rings. The highest BCUT2D eigenvalue weighted by Gasteiger charge is 2.29.